The summed E-state index contributed by atoms with van der Waals surface area (Å²) in [5.74, 6) is 0.929. The van der Waals surface area contributed by atoms with Crippen molar-refractivity contribution in [3.05, 3.63) is 34.3 Å². The summed E-state index contributed by atoms with van der Waals surface area (Å²) in [6, 6.07) is 8.12. The van der Waals surface area contributed by atoms with Crippen LogP contribution in [0.1, 0.15) is 5.56 Å². The molecule has 6 heteroatoms. The lowest BCUT2D eigenvalue weighted by atomic mass is 10.2. The zero-order valence-corrected chi connectivity index (χ0v) is 10.4. The Morgan fingerprint density at radius 1 is 1.38 bits per heavy atom. The van der Waals surface area contributed by atoms with Crippen molar-refractivity contribution in [2.45, 2.75) is 6.54 Å². The predicted octanol–water partition coefficient (Wildman–Crippen LogP) is 1.79. The van der Waals surface area contributed by atoms with E-state index in [1.54, 1.807) is 0 Å². The Morgan fingerprint density at radius 3 is 2.62 bits per heavy atom. The minimum Gasteiger partial charge on any atom is -0.368 e. The number of halogens is 1. The third-order valence-corrected chi connectivity index (χ3v) is 2.69. The SMILES string of the molecule is CN(Cc1ccc(Br)cc1)c1n[nH]c(N)n1. The first-order chi connectivity index (χ1) is 7.65. The van der Waals surface area contributed by atoms with E-state index in [2.05, 4.69) is 43.2 Å². The number of benzene rings is 1. The molecular weight excluding hydrogens is 270 g/mol. The van der Waals surface area contributed by atoms with Gasteiger partial charge in [0.2, 0.25) is 11.9 Å². The van der Waals surface area contributed by atoms with Crippen molar-refractivity contribution >= 4 is 27.8 Å². The molecule has 0 aliphatic heterocycles. The van der Waals surface area contributed by atoms with Crippen LogP contribution in [0.25, 0.3) is 0 Å². The van der Waals surface area contributed by atoms with E-state index in [0.717, 1.165) is 11.0 Å². The molecule has 1 aromatic carbocycles. The van der Waals surface area contributed by atoms with Gasteiger partial charge >= 0.3 is 0 Å². The van der Waals surface area contributed by atoms with Gasteiger partial charge in [-0.25, -0.2) is 5.10 Å². The van der Waals surface area contributed by atoms with E-state index in [4.69, 9.17) is 5.73 Å². The summed E-state index contributed by atoms with van der Waals surface area (Å²) < 4.78 is 1.07. The van der Waals surface area contributed by atoms with Crippen LogP contribution < -0.4 is 10.6 Å². The summed E-state index contributed by atoms with van der Waals surface area (Å²) in [4.78, 5) is 5.98. The smallest absolute Gasteiger partial charge is 0.246 e. The van der Waals surface area contributed by atoms with Crippen molar-refractivity contribution in [2.75, 3.05) is 17.7 Å². The number of hydrogen-bond acceptors (Lipinski definition) is 4. The molecule has 1 heterocycles. The normalized spacial score (nSPS) is 10.4. The van der Waals surface area contributed by atoms with Crippen LogP contribution in [0.2, 0.25) is 0 Å². The fourth-order valence-electron chi connectivity index (χ4n) is 1.37. The van der Waals surface area contributed by atoms with Crippen LogP contribution in [0.4, 0.5) is 11.9 Å². The number of nitrogens with zero attached hydrogens (tertiary/aromatic N) is 3. The summed E-state index contributed by atoms with van der Waals surface area (Å²) in [7, 11) is 1.92. The molecule has 5 nitrogen and oxygen atoms in total. The fourth-order valence-corrected chi connectivity index (χ4v) is 1.63. The molecule has 0 radical (unpaired) electrons. The minimum atomic E-state index is 0.331. The molecule has 0 saturated carbocycles. The number of nitrogen functional groups attached to an aromatic ring is 1. The molecule has 0 bridgehead atoms. The van der Waals surface area contributed by atoms with Crippen molar-refractivity contribution in [3.8, 4) is 0 Å². The highest BCUT2D eigenvalue weighted by atomic mass is 79.9. The average Bonchev–Trinajstić information content (AvgIpc) is 2.68. The van der Waals surface area contributed by atoms with Gasteiger partial charge < -0.3 is 10.6 Å². The van der Waals surface area contributed by atoms with Gasteiger partial charge in [0.05, 0.1) is 0 Å². The van der Waals surface area contributed by atoms with Crippen LogP contribution in [-0.4, -0.2) is 22.2 Å². The van der Waals surface area contributed by atoms with Crippen LogP contribution in [0.15, 0.2) is 28.7 Å². The van der Waals surface area contributed by atoms with Gasteiger partial charge in [-0.2, -0.15) is 4.98 Å². The van der Waals surface area contributed by atoms with Crippen molar-refractivity contribution in [1.29, 1.82) is 0 Å². The average molecular weight is 282 g/mol. The van der Waals surface area contributed by atoms with E-state index in [9.17, 15) is 0 Å². The maximum Gasteiger partial charge on any atom is 0.246 e. The number of aromatic amines is 1. The topological polar surface area (TPSA) is 70.8 Å². The molecule has 0 saturated heterocycles. The monoisotopic (exact) mass is 281 g/mol. The molecule has 0 spiro atoms. The van der Waals surface area contributed by atoms with Crippen LogP contribution in [0, 0.1) is 0 Å². The maximum atomic E-state index is 5.47. The molecule has 0 fully saturated rings. The van der Waals surface area contributed by atoms with Crippen molar-refractivity contribution in [1.82, 2.24) is 15.2 Å². The highest BCUT2D eigenvalue weighted by Crippen LogP contribution is 2.14. The second kappa shape index (κ2) is 4.52. The number of nitrogens with one attached hydrogen (secondary N) is 1. The summed E-state index contributed by atoms with van der Waals surface area (Å²) in [5.41, 5.74) is 6.66. The van der Waals surface area contributed by atoms with Crippen LogP contribution in [0.5, 0.6) is 0 Å². The molecule has 2 aromatic rings. The summed E-state index contributed by atoms with van der Waals surface area (Å²) in [6.07, 6.45) is 0. The van der Waals surface area contributed by atoms with E-state index in [1.807, 2.05) is 24.1 Å². The Bertz CT molecular complexity index is 464. The lowest BCUT2D eigenvalue weighted by Gasteiger charge is -2.14. The molecular formula is C10H12BrN5. The van der Waals surface area contributed by atoms with E-state index in [-0.39, 0.29) is 0 Å². The highest BCUT2D eigenvalue weighted by Gasteiger charge is 2.06. The Balaban J connectivity index is 2.07. The first-order valence-electron chi connectivity index (χ1n) is 4.78. The summed E-state index contributed by atoms with van der Waals surface area (Å²) >= 11 is 3.40. The van der Waals surface area contributed by atoms with Gasteiger partial charge in [0.1, 0.15) is 0 Å². The summed E-state index contributed by atoms with van der Waals surface area (Å²) in [5, 5.41) is 6.60. The number of H-pyrrole nitrogens is 1. The van der Waals surface area contributed by atoms with Gasteiger partial charge in [-0.15, -0.1) is 5.10 Å². The van der Waals surface area contributed by atoms with Gasteiger partial charge in [-0.1, -0.05) is 28.1 Å². The maximum absolute atomic E-state index is 5.47. The quantitative estimate of drug-likeness (QED) is 0.900. The van der Waals surface area contributed by atoms with E-state index < -0.39 is 0 Å². The lowest BCUT2D eigenvalue weighted by molar-refractivity contribution is 0.870. The fraction of sp³-hybridized carbons (Fsp3) is 0.200. The van der Waals surface area contributed by atoms with Gasteiger partial charge in [-0.05, 0) is 17.7 Å². The van der Waals surface area contributed by atoms with Crippen molar-refractivity contribution in [2.24, 2.45) is 0 Å². The minimum absolute atomic E-state index is 0.331. The van der Waals surface area contributed by atoms with Crippen LogP contribution in [-0.2, 0) is 6.54 Å². The molecule has 84 valence electrons. The molecule has 0 amide bonds. The van der Waals surface area contributed by atoms with E-state index in [1.165, 1.54) is 5.56 Å². The molecule has 2 rings (SSSR count). The van der Waals surface area contributed by atoms with Crippen LogP contribution >= 0.6 is 15.9 Å². The Hall–Kier alpha value is -1.56. The van der Waals surface area contributed by atoms with Gasteiger partial charge in [0.15, 0.2) is 0 Å². The second-order valence-electron chi connectivity index (χ2n) is 3.50. The molecule has 16 heavy (non-hydrogen) atoms. The third kappa shape index (κ3) is 2.52. The number of nitrogens with two attached hydrogens (primary N) is 1. The molecule has 0 aliphatic carbocycles. The third-order valence-electron chi connectivity index (χ3n) is 2.17. The van der Waals surface area contributed by atoms with Crippen molar-refractivity contribution < 1.29 is 0 Å². The van der Waals surface area contributed by atoms with Gasteiger partial charge in [0, 0.05) is 18.1 Å². The predicted molar refractivity (Wildman–Crippen MR) is 67.0 cm³/mol. The Labute approximate surface area is 102 Å². The zero-order valence-electron chi connectivity index (χ0n) is 8.81. The first-order valence-corrected chi connectivity index (χ1v) is 5.58. The summed E-state index contributed by atoms with van der Waals surface area (Å²) in [6.45, 7) is 0.741. The van der Waals surface area contributed by atoms with E-state index in [0.29, 0.717) is 11.9 Å². The number of rotatable bonds is 3. The van der Waals surface area contributed by atoms with Gasteiger partial charge in [0.25, 0.3) is 0 Å². The number of hydrogen-bond donors (Lipinski definition) is 2. The molecule has 0 unspecified atom stereocenters. The largest absolute Gasteiger partial charge is 0.368 e. The Morgan fingerprint density at radius 2 is 2.06 bits per heavy atom. The lowest BCUT2D eigenvalue weighted by Crippen LogP contribution is -2.17. The standard InChI is InChI=1S/C10H12BrN5/c1-16(10-13-9(12)14-15-10)6-7-2-4-8(11)5-3-7/h2-5H,6H2,1H3,(H3,12,13,14,15). The second-order valence-corrected chi connectivity index (χ2v) is 4.42. The number of aromatic nitrogens is 3. The Kier molecular flexibility index (Phi) is 3.09. The molecule has 1 aromatic heterocycles. The van der Waals surface area contributed by atoms with Crippen LogP contribution in [0.3, 0.4) is 0 Å². The molecule has 0 aliphatic rings. The van der Waals surface area contributed by atoms with E-state index >= 15 is 0 Å². The molecule has 3 N–H and O–H groups in total. The van der Waals surface area contributed by atoms with Crippen molar-refractivity contribution in [3.63, 3.8) is 0 Å². The highest BCUT2D eigenvalue weighted by molar-refractivity contribution is 9.10. The zero-order chi connectivity index (χ0) is 11.5. The number of anilines is 2. The van der Waals surface area contributed by atoms with Gasteiger partial charge in [-0.3, -0.25) is 0 Å². The first kappa shape index (κ1) is 10.9. The molecule has 0 atom stereocenters.